The lowest BCUT2D eigenvalue weighted by Gasteiger charge is -2.28. The van der Waals surface area contributed by atoms with Crippen LogP contribution < -0.4 is 9.80 Å². The second-order valence-electron chi connectivity index (χ2n) is 6.68. The summed E-state index contributed by atoms with van der Waals surface area (Å²) in [5, 5.41) is 2.09. The Hall–Kier alpha value is -1.92. The highest BCUT2D eigenvalue weighted by Gasteiger charge is 2.38. The molecule has 1 saturated heterocycles. The first-order chi connectivity index (χ1) is 11.5. The van der Waals surface area contributed by atoms with Crippen LogP contribution in [0.3, 0.4) is 0 Å². The summed E-state index contributed by atoms with van der Waals surface area (Å²) >= 11 is 0. The fourth-order valence-electron chi connectivity index (χ4n) is 3.99. The van der Waals surface area contributed by atoms with E-state index in [1.165, 1.54) is 0 Å². The van der Waals surface area contributed by atoms with E-state index in [1.807, 2.05) is 41.3 Å². The van der Waals surface area contributed by atoms with Crippen molar-refractivity contribution in [1.29, 1.82) is 0 Å². The third kappa shape index (κ3) is 2.41. The Bertz CT molecular complexity index is 918. The van der Waals surface area contributed by atoms with Gasteiger partial charge < -0.3 is 4.90 Å². The Kier molecular flexibility index (Phi) is 3.62. The van der Waals surface area contributed by atoms with Crippen LogP contribution in [0.15, 0.2) is 36.4 Å². The second kappa shape index (κ2) is 5.57. The molecule has 0 spiro atoms. The predicted molar refractivity (Wildman–Crippen MR) is 94.2 cm³/mol. The lowest BCUT2D eigenvalue weighted by Crippen LogP contribution is -3.17. The van der Waals surface area contributed by atoms with E-state index in [2.05, 4.69) is 6.92 Å². The number of hydrogen-bond acceptors (Lipinski definition) is 3. The van der Waals surface area contributed by atoms with Crippen molar-refractivity contribution < 1.29 is 18.1 Å². The molecule has 2 aliphatic rings. The quantitative estimate of drug-likeness (QED) is 0.894. The molecule has 126 valence electrons. The van der Waals surface area contributed by atoms with Gasteiger partial charge in [-0.15, -0.1) is 0 Å². The van der Waals surface area contributed by atoms with Gasteiger partial charge >= 0.3 is 0 Å². The van der Waals surface area contributed by atoms with Gasteiger partial charge in [0.2, 0.25) is 0 Å². The van der Waals surface area contributed by atoms with Gasteiger partial charge in [-0.1, -0.05) is 24.3 Å². The zero-order chi connectivity index (χ0) is 16.9. The molecule has 6 heteroatoms. The topological polar surface area (TPSA) is 58.9 Å². The Labute approximate surface area is 141 Å². The molecule has 2 aliphatic heterocycles. The molecule has 0 radical (unpaired) electrons. The van der Waals surface area contributed by atoms with Crippen LogP contribution in [-0.4, -0.2) is 45.1 Å². The smallest absolute Gasteiger partial charge is 0.263 e. The van der Waals surface area contributed by atoms with E-state index in [-0.39, 0.29) is 23.5 Å². The van der Waals surface area contributed by atoms with E-state index in [0.29, 0.717) is 13.1 Å². The van der Waals surface area contributed by atoms with Gasteiger partial charge in [0, 0.05) is 11.8 Å². The van der Waals surface area contributed by atoms with Crippen molar-refractivity contribution in [1.82, 2.24) is 0 Å². The van der Waals surface area contributed by atoms with Gasteiger partial charge in [0.15, 0.2) is 16.5 Å². The number of carbonyl (C=O) groups is 1. The summed E-state index contributed by atoms with van der Waals surface area (Å²) in [6.45, 7) is 3.37. The molecule has 1 amide bonds. The molecular weight excluding hydrogens is 324 g/mol. The Morgan fingerprint density at radius 3 is 2.62 bits per heavy atom. The summed E-state index contributed by atoms with van der Waals surface area (Å²) in [6.07, 6.45) is 0.685. The van der Waals surface area contributed by atoms with Gasteiger partial charge in [0.05, 0.1) is 23.5 Å². The van der Waals surface area contributed by atoms with E-state index in [0.717, 1.165) is 33.5 Å². The Morgan fingerprint density at radius 2 is 1.96 bits per heavy atom. The minimum Gasteiger partial charge on any atom is -0.314 e. The number of hydrogen-bond donors (Lipinski definition) is 1. The lowest BCUT2D eigenvalue weighted by molar-refractivity contribution is -0.919. The molecule has 0 aromatic heterocycles. The van der Waals surface area contributed by atoms with Crippen LogP contribution in [0.4, 0.5) is 5.69 Å². The molecule has 1 unspecified atom stereocenters. The monoisotopic (exact) mass is 345 g/mol. The van der Waals surface area contributed by atoms with Gasteiger partial charge in [0.1, 0.15) is 11.8 Å². The highest BCUT2D eigenvalue weighted by molar-refractivity contribution is 7.91. The number of quaternary nitrogens is 1. The molecule has 1 fully saturated rings. The summed E-state index contributed by atoms with van der Waals surface area (Å²) in [4.78, 5) is 15.8. The standard InChI is InChI=1S/C18H20N2O3S/c1-2-19(14-9-10-24(22,23)11-14)12-20-16-8-4-6-13-5-3-7-15(17(13)16)18(20)21/h3-8,14H,2,9-12H2,1H3/p+1/t14-/m1/s1. The number of anilines is 1. The van der Waals surface area contributed by atoms with E-state index < -0.39 is 9.84 Å². The third-order valence-electron chi connectivity index (χ3n) is 5.27. The molecule has 5 nitrogen and oxygen atoms in total. The van der Waals surface area contributed by atoms with Crippen LogP contribution in [0.2, 0.25) is 0 Å². The maximum absolute atomic E-state index is 12.9. The fraction of sp³-hybridized carbons (Fsp3) is 0.389. The molecular formula is C18H21N2O3S+. The van der Waals surface area contributed by atoms with Crippen molar-refractivity contribution >= 4 is 32.2 Å². The van der Waals surface area contributed by atoms with Gasteiger partial charge in [-0.05, 0) is 24.4 Å². The predicted octanol–water partition coefficient (Wildman–Crippen LogP) is 0.849. The zero-order valence-corrected chi connectivity index (χ0v) is 14.5. The average molecular weight is 345 g/mol. The molecule has 24 heavy (non-hydrogen) atoms. The number of carbonyl (C=O) groups excluding carboxylic acids is 1. The number of sulfone groups is 1. The maximum atomic E-state index is 12.9. The van der Waals surface area contributed by atoms with Crippen LogP contribution >= 0.6 is 0 Å². The highest BCUT2D eigenvalue weighted by Crippen LogP contribution is 2.36. The van der Waals surface area contributed by atoms with E-state index in [1.54, 1.807) is 0 Å². The molecule has 0 aliphatic carbocycles. The lowest BCUT2D eigenvalue weighted by atomic mass is 10.1. The maximum Gasteiger partial charge on any atom is 0.263 e. The molecule has 2 aromatic carbocycles. The molecule has 2 atom stereocenters. The number of nitrogens with zero attached hydrogens (tertiary/aromatic N) is 1. The minimum absolute atomic E-state index is 0.0219. The Morgan fingerprint density at radius 1 is 1.21 bits per heavy atom. The van der Waals surface area contributed by atoms with Gasteiger partial charge in [-0.2, -0.15) is 0 Å². The Balaban J connectivity index is 1.66. The third-order valence-corrected chi connectivity index (χ3v) is 7.04. The van der Waals surface area contributed by atoms with Gasteiger partial charge in [-0.3, -0.25) is 9.69 Å². The largest absolute Gasteiger partial charge is 0.314 e. The number of benzene rings is 2. The van der Waals surface area contributed by atoms with E-state index in [9.17, 15) is 13.2 Å². The van der Waals surface area contributed by atoms with Crippen molar-refractivity contribution in [2.45, 2.75) is 19.4 Å². The molecule has 4 rings (SSSR count). The molecule has 1 N–H and O–H groups in total. The van der Waals surface area contributed by atoms with Crippen LogP contribution in [0.1, 0.15) is 23.7 Å². The molecule has 0 bridgehead atoms. The molecule has 0 saturated carbocycles. The molecule has 2 aromatic rings. The zero-order valence-electron chi connectivity index (χ0n) is 13.7. The summed E-state index contributed by atoms with van der Waals surface area (Å²) in [5.41, 5.74) is 1.69. The summed E-state index contributed by atoms with van der Waals surface area (Å²) in [7, 11) is -2.92. The minimum atomic E-state index is -2.92. The summed E-state index contributed by atoms with van der Waals surface area (Å²) in [6, 6.07) is 11.9. The summed E-state index contributed by atoms with van der Waals surface area (Å²) < 4.78 is 23.6. The number of nitrogens with one attached hydrogen (secondary N) is 1. The van der Waals surface area contributed by atoms with Gasteiger partial charge in [-0.25, -0.2) is 8.42 Å². The van der Waals surface area contributed by atoms with Crippen LogP contribution in [0.5, 0.6) is 0 Å². The molecule has 2 heterocycles. The van der Waals surface area contributed by atoms with Gasteiger partial charge in [0.25, 0.3) is 5.91 Å². The highest BCUT2D eigenvalue weighted by atomic mass is 32.2. The van der Waals surface area contributed by atoms with Crippen molar-refractivity contribution in [2.75, 3.05) is 29.6 Å². The summed E-state index contributed by atoms with van der Waals surface area (Å²) in [5.74, 6) is 0.522. The van der Waals surface area contributed by atoms with Crippen molar-refractivity contribution in [3.63, 3.8) is 0 Å². The van der Waals surface area contributed by atoms with E-state index in [4.69, 9.17) is 0 Å². The van der Waals surface area contributed by atoms with Crippen molar-refractivity contribution in [3.05, 3.63) is 42.0 Å². The number of amides is 1. The van der Waals surface area contributed by atoms with Crippen LogP contribution in [-0.2, 0) is 9.84 Å². The van der Waals surface area contributed by atoms with E-state index >= 15 is 0 Å². The first kappa shape index (κ1) is 15.6. The van der Waals surface area contributed by atoms with Crippen LogP contribution in [0.25, 0.3) is 10.8 Å². The van der Waals surface area contributed by atoms with Crippen molar-refractivity contribution in [3.8, 4) is 0 Å². The SMILES string of the molecule is CC[NH+](CN1C(=O)c2cccc3cccc1c23)[C@@H]1CCS(=O)(=O)C1. The first-order valence-electron chi connectivity index (χ1n) is 8.39. The average Bonchev–Trinajstić information content (AvgIpc) is 3.06. The van der Waals surface area contributed by atoms with Crippen LogP contribution in [0, 0.1) is 0 Å². The fourth-order valence-corrected chi connectivity index (χ4v) is 5.81. The normalized spacial score (nSPS) is 23.1. The second-order valence-corrected chi connectivity index (χ2v) is 8.91. The number of rotatable bonds is 4. The first-order valence-corrected chi connectivity index (χ1v) is 10.2. The van der Waals surface area contributed by atoms with Crippen molar-refractivity contribution in [2.24, 2.45) is 0 Å².